The highest BCUT2D eigenvalue weighted by Gasteiger charge is 2.51. The summed E-state index contributed by atoms with van der Waals surface area (Å²) >= 11 is 1.58. The molecule has 5 rings (SSSR count). The van der Waals surface area contributed by atoms with Crippen LogP contribution in [-0.2, 0) is 43.6 Å². The molecule has 20 nitrogen and oxygen atoms in total. The third kappa shape index (κ3) is 8.68. The molecule has 0 saturated carbocycles. The lowest BCUT2D eigenvalue weighted by molar-refractivity contribution is -0.386. The maximum absolute atomic E-state index is 13.1. The number of carbonyl (C=O) groups is 6. The molecule has 3 fully saturated rings. The summed E-state index contributed by atoms with van der Waals surface area (Å²) in [5.74, 6) is -2.73. The van der Waals surface area contributed by atoms with Gasteiger partial charge in [0.25, 0.3) is 27.6 Å². The monoisotopic (exact) mass is 758 g/mol. The van der Waals surface area contributed by atoms with E-state index in [9.17, 15) is 47.3 Å². The van der Waals surface area contributed by atoms with E-state index in [0.717, 1.165) is 4.90 Å². The van der Waals surface area contributed by atoms with Crippen molar-refractivity contribution in [3.63, 3.8) is 0 Å². The molecule has 5 amide bonds. The van der Waals surface area contributed by atoms with Crippen LogP contribution in [0.4, 0.5) is 15.3 Å². The Morgan fingerprint density at radius 2 is 1.84 bits per heavy atom. The lowest BCUT2D eigenvalue weighted by Gasteiger charge is -2.22. The van der Waals surface area contributed by atoms with Gasteiger partial charge >= 0.3 is 18.1 Å². The number of rotatable bonds is 16. The molecule has 0 bridgehead atoms. The Labute approximate surface area is 294 Å². The minimum atomic E-state index is -4.84. The molecule has 4 heterocycles. The molecule has 4 aliphatic heterocycles. The molecule has 0 aromatic heterocycles. The van der Waals surface area contributed by atoms with E-state index < -0.39 is 75.4 Å². The van der Waals surface area contributed by atoms with E-state index in [2.05, 4.69) is 10.2 Å². The van der Waals surface area contributed by atoms with E-state index in [1.54, 1.807) is 11.8 Å². The number of nitro groups is 1. The minimum Gasteiger partial charge on any atom is -0.454 e. The first kappa shape index (κ1) is 37.7. The fraction of sp³-hybridized carbons (Fsp3) is 0.586. The van der Waals surface area contributed by atoms with E-state index in [1.165, 1.54) is 19.1 Å². The van der Waals surface area contributed by atoms with Gasteiger partial charge in [0, 0.05) is 30.5 Å². The normalized spacial score (nSPS) is 22.9. The molecular formula is C29H34N4O16S2. The zero-order chi connectivity index (χ0) is 37.0. The van der Waals surface area contributed by atoms with Gasteiger partial charge in [-0.3, -0.25) is 29.1 Å². The van der Waals surface area contributed by atoms with Crippen LogP contribution in [-0.4, -0.2) is 112 Å². The van der Waals surface area contributed by atoms with Gasteiger partial charge < -0.3 is 29.1 Å². The number of nitrogens with one attached hydrogen (secondary N) is 1. The Morgan fingerprint density at radius 3 is 2.53 bits per heavy atom. The molecule has 1 aromatic carbocycles. The van der Waals surface area contributed by atoms with Gasteiger partial charge in [-0.05, 0) is 32.3 Å². The van der Waals surface area contributed by atoms with Gasteiger partial charge in [0.1, 0.15) is 18.5 Å². The molecule has 3 saturated heterocycles. The van der Waals surface area contributed by atoms with Crippen LogP contribution >= 0.6 is 11.8 Å². The van der Waals surface area contributed by atoms with Crippen molar-refractivity contribution in [1.82, 2.24) is 15.3 Å². The van der Waals surface area contributed by atoms with Crippen molar-refractivity contribution in [2.24, 2.45) is 0 Å². The van der Waals surface area contributed by atoms with Crippen LogP contribution in [0.1, 0.15) is 63.5 Å². The Balaban J connectivity index is 0.974. The highest BCUT2D eigenvalue weighted by Crippen LogP contribution is 2.42. The molecular weight excluding hydrogens is 724 g/mol. The maximum atomic E-state index is 13.1. The molecule has 51 heavy (non-hydrogen) atoms. The molecule has 2 unspecified atom stereocenters. The van der Waals surface area contributed by atoms with Crippen molar-refractivity contribution in [3.8, 4) is 11.5 Å². The number of Topliss-reactive ketones (excluding diaryl/α,β-unsaturated/α-hetero) is 1. The average molecular weight is 759 g/mol. The highest BCUT2D eigenvalue weighted by atomic mass is 32.2. The number of hydroxylamine groups is 2. The van der Waals surface area contributed by atoms with E-state index >= 15 is 0 Å². The Hall–Kier alpha value is -4.54. The van der Waals surface area contributed by atoms with Crippen molar-refractivity contribution in [2.75, 3.05) is 25.8 Å². The van der Waals surface area contributed by atoms with E-state index in [-0.39, 0.29) is 77.6 Å². The quantitative estimate of drug-likeness (QED) is 0.0608. The van der Waals surface area contributed by atoms with Crippen molar-refractivity contribution in [3.05, 3.63) is 27.8 Å². The summed E-state index contributed by atoms with van der Waals surface area (Å²) in [7, 11) is -4.84. The van der Waals surface area contributed by atoms with Crippen molar-refractivity contribution >= 4 is 63.3 Å². The number of thioether (sulfide) groups is 1. The highest BCUT2D eigenvalue weighted by molar-refractivity contribution is 8.00. The van der Waals surface area contributed by atoms with Gasteiger partial charge in [-0.1, -0.05) is 6.42 Å². The largest absolute Gasteiger partial charge is 0.454 e. The van der Waals surface area contributed by atoms with Gasteiger partial charge in [0.15, 0.2) is 16.7 Å². The average Bonchev–Trinajstić information content (AvgIpc) is 3.82. The number of fused-ring (bicyclic) bond motifs is 2. The maximum Gasteiger partial charge on any atom is 0.418 e. The third-order valence-corrected chi connectivity index (χ3v) is 11.1. The van der Waals surface area contributed by atoms with E-state index in [4.69, 9.17) is 23.5 Å². The number of carbonyl (C=O) groups excluding carboxylic acids is 6. The summed E-state index contributed by atoms with van der Waals surface area (Å²) in [5.41, 5.74) is -0.228. The number of unbranched alkanes of at least 4 members (excludes halogenated alkanes) is 1. The number of hydrogen-bond acceptors (Lipinski definition) is 16. The van der Waals surface area contributed by atoms with E-state index in [0.29, 0.717) is 25.0 Å². The Bertz CT molecular complexity index is 1720. The summed E-state index contributed by atoms with van der Waals surface area (Å²) in [6.45, 7) is 0.683. The van der Waals surface area contributed by atoms with Gasteiger partial charge in [-0.2, -0.15) is 20.2 Å². The summed E-state index contributed by atoms with van der Waals surface area (Å²) in [5, 5.41) is 12.4. The van der Waals surface area contributed by atoms with Crippen molar-refractivity contribution in [2.45, 2.75) is 80.6 Å². The first-order valence-corrected chi connectivity index (χ1v) is 18.3. The fourth-order valence-corrected chi connectivity index (χ4v) is 8.30. The van der Waals surface area contributed by atoms with Gasteiger partial charge in [0.2, 0.25) is 6.79 Å². The molecule has 4 aliphatic rings. The summed E-state index contributed by atoms with van der Waals surface area (Å²) in [6.07, 6.45) is -0.219. The summed E-state index contributed by atoms with van der Waals surface area (Å²) in [4.78, 5) is 90.4. The second-order valence-electron chi connectivity index (χ2n) is 12.0. The second-order valence-corrected chi connectivity index (χ2v) is 14.8. The zero-order valence-corrected chi connectivity index (χ0v) is 28.7. The van der Waals surface area contributed by atoms with Gasteiger partial charge in [0.05, 0.1) is 35.1 Å². The number of benzene rings is 1. The Kier molecular flexibility index (Phi) is 11.7. The standard InChI is InChI=1S/C29H34N4O16S2/c1-15(17-9-20-21(47-14-46-20)10-18(17)33(40)41)48-29(39)31-19-13-50-22(26(19)30-28(31)38)7-3-2-5-16(34)6-4-8-45-12-25(36)49-32-24(35)11-23(27(32)37)51(42,43)44/h9-10,15,19,22-23,26H,2-8,11-14H2,1H3,(H,30,38)(H,42,43,44)/t15?,19-,22-,23?,26-/m0/s1. The van der Waals surface area contributed by atoms with Gasteiger partial charge in [-0.15, -0.1) is 5.06 Å². The Morgan fingerprint density at radius 1 is 1.14 bits per heavy atom. The number of ketones is 1. The van der Waals surface area contributed by atoms with Crippen LogP contribution in [0.2, 0.25) is 0 Å². The number of urea groups is 1. The van der Waals surface area contributed by atoms with Crippen LogP contribution in [0, 0.1) is 10.1 Å². The smallest absolute Gasteiger partial charge is 0.418 e. The number of nitrogens with zero attached hydrogens (tertiary/aromatic N) is 3. The predicted molar refractivity (Wildman–Crippen MR) is 170 cm³/mol. The van der Waals surface area contributed by atoms with Crippen LogP contribution in [0.5, 0.6) is 11.5 Å². The number of nitro benzene ring substituents is 1. The molecule has 0 radical (unpaired) electrons. The van der Waals surface area contributed by atoms with Crippen LogP contribution in [0.15, 0.2) is 12.1 Å². The van der Waals surface area contributed by atoms with E-state index in [1.807, 2.05) is 0 Å². The molecule has 0 aliphatic carbocycles. The number of amides is 5. The number of hydrogen-bond donors (Lipinski definition) is 2. The third-order valence-electron chi connectivity index (χ3n) is 8.54. The summed E-state index contributed by atoms with van der Waals surface area (Å²) in [6, 6.07) is 1.14. The summed E-state index contributed by atoms with van der Waals surface area (Å²) < 4.78 is 52.4. The molecule has 278 valence electrons. The van der Waals surface area contributed by atoms with Gasteiger partial charge in [-0.25, -0.2) is 19.3 Å². The molecule has 5 atom stereocenters. The molecule has 22 heteroatoms. The van der Waals surface area contributed by atoms with Crippen LogP contribution in [0.25, 0.3) is 0 Å². The molecule has 1 aromatic rings. The lowest BCUT2D eigenvalue weighted by Crippen LogP contribution is -2.42. The van der Waals surface area contributed by atoms with Crippen LogP contribution in [0.3, 0.4) is 0 Å². The first-order chi connectivity index (χ1) is 24.1. The number of ether oxygens (including phenoxy) is 4. The second kappa shape index (κ2) is 15.8. The van der Waals surface area contributed by atoms with Crippen molar-refractivity contribution < 1.29 is 70.4 Å². The topological polar surface area (TPSA) is 265 Å². The zero-order valence-electron chi connectivity index (χ0n) is 27.0. The SMILES string of the molecule is CC(OC(=O)N1C(=O)N[C@@H]2[C@H](CCCCC(=O)CCCOCC(=O)ON3C(=O)CC(S(=O)(=O)O)C3=O)SC[C@@H]21)c1cc2c(cc1[N+](=O)[O-])OCO2. The lowest BCUT2D eigenvalue weighted by atomic mass is 10.0. The van der Waals surface area contributed by atoms with Crippen molar-refractivity contribution in [1.29, 1.82) is 0 Å². The molecule has 0 spiro atoms. The number of imide groups is 2. The first-order valence-electron chi connectivity index (χ1n) is 15.8. The predicted octanol–water partition coefficient (Wildman–Crippen LogP) is 1.80. The molecule has 2 N–H and O–H groups in total. The van der Waals surface area contributed by atoms with Crippen LogP contribution < -0.4 is 14.8 Å². The minimum absolute atomic E-state index is 0.0108. The fourth-order valence-electron chi connectivity index (χ4n) is 6.01.